The fourth-order valence-electron chi connectivity index (χ4n) is 1.02. The average molecular weight is 212 g/mol. The van der Waals surface area contributed by atoms with Crippen LogP contribution in [0, 0.1) is 5.92 Å². The van der Waals surface area contributed by atoms with Gasteiger partial charge in [-0.2, -0.15) is 0 Å². The van der Waals surface area contributed by atoms with Crippen LogP contribution >= 0.6 is 0 Å². The summed E-state index contributed by atoms with van der Waals surface area (Å²) < 4.78 is 0. The maximum absolute atomic E-state index is 10.9. The molecule has 2 N–H and O–H groups in total. The largest absolute Gasteiger partial charge is 0.481 e. The summed E-state index contributed by atoms with van der Waals surface area (Å²) >= 11 is 0. The predicted octanol–water partition coefficient (Wildman–Crippen LogP) is 1.27. The van der Waals surface area contributed by atoms with E-state index in [-0.39, 0.29) is 12.2 Å². The number of ketones is 1. The molecule has 0 aromatic carbocycles. The number of carbonyl (C=O) groups excluding carboxylic acids is 1. The molecule has 0 fully saturated rings. The van der Waals surface area contributed by atoms with Crippen molar-refractivity contribution in [1.82, 2.24) is 9.97 Å². The van der Waals surface area contributed by atoms with Gasteiger partial charge in [0.05, 0.1) is 6.33 Å². The van der Waals surface area contributed by atoms with E-state index in [1.165, 1.54) is 19.4 Å². The van der Waals surface area contributed by atoms with Crippen molar-refractivity contribution < 1.29 is 14.7 Å². The Morgan fingerprint density at radius 1 is 1.53 bits per heavy atom. The number of aromatic nitrogens is 2. The van der Waals surface area contributed by atoms with Gasteiger partial charge in [-0.1, -0.05) is 13.8 Å². The summed E-state index contributed by atoms with van der Waals surface area (Å²) in [5.41, 5.74) is 0.655. The van der Waals surface area contributed by atoms with E-state index in [9.17, 15) is 9.59 Å². The summed E-state index contributed by atoms with van der Waals surface area (Å²) in [5.74, 6) is -2.41. The topological polar surface area (TPSA) is 83.0 Å². The van der Waals surface area contributed by atoms with E-state index >= 15 is 0 Å². The van der Waals surface area contributed by atoms with E-state index in [1.807, 2.05) is 13.8 Å². The first-order valence-corrected chi connectivity index (χ1v) is 4.81. The number of Topliss-reactive ketones (excluding diaryl/α,β-unsaturated/α-hetero) is 1. The van der Waals surface area contributed by atoms with Crippen LogP contribution in [-0.4, -0.2) is 26.8 Å². The highest BCUT2D eigenvalue weighted by Gasteiger charge is 2.23. The zero-order valence-corrected chi connectivity index (χ0v) is 9.15. The first-order chi connectivity index (χ1) is 7.11. The highest BCUT2D eigenvalue weighted by atomic mass is 16.4. The number of imidazole rings is 1. The monoisotopic (exact) mass is 212 g/mol. The maximum atomic E-state index is 10.9. The molecule has 0 aliphatic heterocycles. The number of carbonyl (C=O) groups is 2. The number of nitrogens with zero attached hydrogens (tertiary/aromatic N) is 1. The highest BCUT2D eigenvalue weighted by Crippen LogP contribution is 2.07. The minimum atomic E-state index is -1.10. The molecule has 1 aromatic rings. The number of rotatable bonds is 4. The van der Waals surface area contributed by atoms with Crippen LogP contribution in [0.15, 0.2) is 12.5 Å². The molecular weight excluding hydrogens is 196 g/mol. The van der Waals surface area contributed by atoms with Crippen molar-refractivity contribution >= 4 is 11.8 Å². The third-order valence-electron chi connectivity index (χ3n) is 1.77. The van der Waals surface area contributed by atoms with Gasteiger partial charge in [0, 0.05) is 18.3 Å². The molecule has 0 saturated heterocycles. The van der Waals surface area contributed by atoms with Crippen molar-refractivity contribution in [2.45, 2.75) is 27.2 Å². The molecule has 0 aliphatic rings. The van der Waals surface area contributed by atoms with Gasteiger partial charge in [0.25, 0.3) is 0 Å². The normalized spacial score (nSPS) is 11.1. The van der Waals surface area contributed by atoms with Crippen molar-refractivity contribution in [2.24, 2.45) is 5.92 Å². The van der Waals surface area contributed by atoms with Crippen molar-refractivity contribution in [3.05, 3.63) is 18.2 Å². The van der Waals surface area contributed by atoms with Crippen LogP contribution in [0.25, 0.3) is 0 Å². The van der Waals surface area contributed by atoms with Crippen LogP contribution in [0.4, 0.5) is 0 Å². The molecule has 0 unspecified atom stereocenters. The molecule has 1 atom stereocenters. The standard InChI is InChI=1S/C8H10N2O3.C2H6/c1-5(11)7(8(12)13)2-6-3-9-4-10-6;1-2/h3-4,7H,2H2,1H3,(H,9,10)(H,12,13);1-2H3/t7-;/m1./s1. The summed E-state index contributed by atoms with van der Waals surface area (Å²) in [6.45, 7) is 5.27. The van der Waals surface area contributed by atoms with E-state index in [2.05, 4.69) is 9.97 Å². The second-order valence-corrected chi connectivity index (χ2v) is 2.78. The zero-order chi connectivity index (χ0) is 11.8. The Bertz CT molecular complexity index is 292. The summed E-state index contributed by atoms with van der Waals surface area (Å²) in [4.78, 5) is 28.0. The molecule has 84 valence electrons. The Balaban J connectivity index is 0.000000921. The molecule has 0 aliphatic carbocycles. The lowest BCUT2D eigenvalue weighted by Crippen LogP contribution is -2.23. The van der Waals surface area contributed by atoms with Crippen LogP contribution in [0.2, 0.25) is 0 Å². The number of aliphatic carboxylic acids is 1. The first kappa shape index (κ1) is 13.4. The molecular formula is C10H16N2O3. The predicted molar refractivity (Wildman–Crippen MR) is 55.4 cm³/mol. The Labute approximate surface area is 88.5 Å². The van der Waals surface area contributed by atoms with E-state index < -0.39 is 11.9 Å². The SMILES string of the molecule is CC.CC(=O)[C@@H](Cc1cnc[nH]1)C(=O)O. The molecule has 1 aromatic heterocycles. The second kappa shape index (κ2) is 6.75. The van der Waals surface area contributed by atoms with Crippen LogP contribution in [0.5, 0.6) is 0 Å². The first-order valence-electron chi connectivity index (χ1n) is 4.81. The van der Waals surface area contributed by atoms with Gasteiger partial charge < -0.3 is 10.1 Å². The quantitative estimate of drug-likeness (QED) is 0.736. The van der Waals surface area contributed by atoms with Crippen LogP contribution in [0.1, 0.15) is 26.5 Å². The van der Waals surface area contributed by atoms with Crippen molar-refractivity contribution in [2.75, 3.05) is 0 Å². The molecule has 0 bridgehead atoms. The Morgan fingerprint density at radius 2 is 2.13 bits per heavy atom. The lowest BCUT2D eigenvalue weighted by atomic mass is 10.00. The zero-order valence-electron chi connectivity index (χ0n) is 9.15. The number of hydrogen-bond donors (Lipinski definition) is 2. The minimum absolute atomic E-state index is 0.171. The number of carboxylic acids is 1. The average Bonchev–Trinajstić information content (AvgIpc) is 2.68. The van der Waals surface area contributed by atoms with Crippen molar-refractivity contribution in [3.63, 3.8) is 0 Å². The van der Waals surface area contributed by atoms with E-state index in [4.69, 9.17) is 5.11 Å². The molecule has 0 radical (unpaired) electrons. The van der Waals surface area contributed by atoms with E-state index in [0.29, 0.717) is 5.69 Å². The fourth-order valence-corrected chi connectivity index (χ4v) is 1.02. The van der Waals surface area contributed by atoms with Gasteiger partial charge in [-0.15, -0.1) is 0 Å². The number of carboxylic acid groups (broad SMARTS) is 1. The molecule has 1 rings (SSSR count). The smallest absolute Gasteiger partial charge is 0.314 e. The number of aromatic amines is 1. The molecule has 15 heavy (non-hydrogen) atoms. The Hall–Kier alpha value is -1.65. The summed E-state index contributed by atoms with van der Waals surface area (Å²) in [6, 6.07) is 0. The van der Waals surface area contributed by atoms with E-state index in [0.717, 1.165) is 0 Å². The van der Waals surface area contributed by atoms with Gasteiger partial charge in [0.1, 0.15) is 11.7 Å². The number of hydrogen-bond acceptors (Lipinski definition) is 3. The summed E-state index contributed by atoms with van der Waals surface area (Å²) in [6.07, 6.45) is 3.14. The third kappa shape index (κ3) is 4.39. The highest BCUT2D eigenvalue weighted by molar-refractivity contribution is 5.97. The van der Waals surface area contributed by atoms with Crippen LogP contribution in [-0.2, 0) is 16.0 Å². The number of nitrogens with one attached hydrogen (secondary N) is 1. The molecule has 1 heterocycles. The molecule has 5 heteroatoms. The number of H-pyrrole nitrogens is 1. The minimum Gasteiger partial charge on any atom is -0.481 e. The maximum Gasteiger partial charge on any atom is 0.314 e. The van der Waals surface area contributed by atoms with Crippen LogP contribution in [0.3, 0.4) is 0 Å². The summed E-state index contributed by atoms with van der Waals surface area (Å²) in [5, 5.41) is 8.69. The molecule has 0 spiro atoms. The van der Waals surface area contributed by atoms with Gasteiger partial charge >= 0.3 is 5.97 Å². The molecule has 5 nitrogen and oxygen atoms in total. The van der Waals surface area contributed by atoms with Gasteiger partial charge in [-0.3, -0.25) is 9.59 Å². The fraction of sp³-hybridized carbons (Fsp3) is 0.500. The lowest BCUT2D eigenvalue weighted by Gasteiger charge is -2.05. The van der Waals surface area contributed by atoms with Gasteiger partial charge in [0.2, 0.25) is 0 Å². The van der Waals surface area contributed by atoms with Crippen molar-refractivity contribution in [3.8, 4) is 0 Å². The van der Waals surface area contributed by atoms with Gasteiger partial charge in [0.15, 0.2) is 0 Å². The van der Waals surface area contributed by atoms with Gasteiger partial charge in [-0.25, -0.2) is 4.98 Å². The van der Waals surface area contributed by atoms with Crippen LogP contribution < -0.4 is 0 Å². The lowest BCUT2D eigenvalue weighted by molar-refractivity contribution is -0.145. The van der Waals surface area contributed by atoms with Gasteiger partial charge in [-0.05, 0) is 6.92 Å². The molecule has 0 amide bonds. The van der Waals surface area contributed by atoms with E-state index in [1.54, 1.807) is 0 Å². The Morgan fingerprint density at radius 3 is 2.47 bits per heavy atom. The Kier molecular flexibility index (Phi) is 6.01. The third-order valence-corrected chi connectivity index (χ3v) is 1.77. The second-order valence-electron chi connectivity index (χ2n) is 2.78. The van der Waals surface area contributed by atoms with Crippen molar-refractivity contribution in [1.29, 1.82) is 0 Å². The molecule has 0 saturated carbocycles. The summed E-state index contributed by atoms with van der Waals surface area (Å²) in [7, 11) is 0.